The maximum absolute atomic E-state index is 12.7. The highest BCUT2D eigenvalue weighted by molar-refractivity contribution is 5.80. The third-order valence-corrected chi connectivity index (χ3v) is 4.19. The van der Waals surface area contributed by atoms with E-state index in [2.05, 4.69) is 0 Å². The van der Waals surface area contributed by atoms with Crippen molar-refractivity contribution in [2.24, 2.45) is 0 Å². The minimum atomic E-state index is -0.220. The van der Waals surface area contributed by atoms with E-state index < -0.39 is 0 Å². The molecule has 2 aromatic carbocycles. The lowest BCUT2D eigenvalue weighted by atomic mass is 10.1. The summed E-state index contributed by atoms with van der Waals surface area (Å²) < 4.78 is 11.3. The summed E-state index contributed by atoms with van der Waals surface area (Å²) in [5.74, 6) is 0.800. The molecule has 1 aliphatic rings. The van der Waals surface area contributed by atoms with Crippen molar-refractivity contribution in [3.63, 3.8) is 0 Å². The Bertz CT molecular complexity index is 671. The zero-order chi connectivity index (χ0) is 16.2. The Morgan fingerprint density at radius 1 is 1.17 bits per heavy atom. The van der Waals surface area contributed by atoms with E-state index in [4.69, 9.17) is 9.47 Å². The van der Waals surface area contributed by atoms with E-state index in [9.17, 15) is 4.79 Å². The third-order valence-electron chi connectivity index (χ3n) is 4.19. The standard InChI is InChI=1S/C19H21NO3/c1-14-20(13-18(23-14)15-8-4-3-5-9-15)19(21)12-16-10-6-7-11-17(16)22-2/h3-11,14,18H,12-13H2,1-2H3. The first-order chi connectivity index (χ1) is 11.2. The molecule has 4 heteroatoms. The summed E-state index contributed by atoms with van der Waals surface area (Å²) in [6, 6.07) is 17.6. The van der Waals surface area contributed by atoms with Gasteiger partial charge < -0.3 is 14.4 Å². The molecule has 0 aliphatic carbocycles. The maximum Gasteiger partial charge on any atom is 0.229 e. The van der Waals surface area contributed by atoms with E-state index in [1.165, 1.54) is 0 Å². The number of methoxy groups -OCH3 is 1. The van der Waals surface area contributed by atoms with Gasteiger partial charge in [-0.2, -0.15) is 0 Å². The van der Waals surface area contributed by atoms with Crippen molar-refractivity contribution >= 4 is 5.91 Å². The maximum atomic E-state index is 12.7. The van der Waals surface area contributed by atoms with Crippen LogP contribution >= 0.6 is 0 Å². The molecule has 0 radical (unpaired) electrons. The second kappa shape index (κ2) is 6.84. The Balaban J connectivity index is 1.70. The topological polar surface area (TPSA) is 38.8 Å². The fourth-order valence-corrected chi connectivity index (χ4v) is 2.95. The number of amides is 1. The van der Waals surface area contributed by atoms with Gasteiger partial charge in [0.05, 0.1) is 20.1 Å². The summed E-state index contributed by atoms with van der Waals surface area (Å²) in [5.41, 5.74) is 2.00. The zero-order valence-electron chi connectivity index (χ0n) is 13.4. The molecule has 1 amide bonds. The summed E-state index contributed by atoms with van der Waals surface area (Å²) in [4.78, 5) is 14.5. The van der Waals surface area contributed by atoms with Gasteiger partial charge in [0.15, 0.2) is 0 Å². The highest BCUT2D eigenvalue weighted by atomic mass is 16.5. The number of carbonyl (C=O) groups is 1. The molecule has 0 aromatic heterocycles. The average molecular weight is 311 g/mol. The van der Waals surface area contributed by atoms with Gasteiger partial charge in [-0.15, -0.1) is 0 Å². The summed E-state index contributed by atoms with van der Waals surface area (Å²) >= 11 is 0. The quantitative estimate of drug-likeness (QED) is 0.870. The van der Waals surface area contributed by atoms with Crippen molar-refractivity contribution in [1.82, 2.24) is 4.90 Å². The number of benzene rings is 2. The predicted molar refractivity (Wildman–Crippen MR) is 88.1 cm³/mol. The molecule has 0 N–H and O–H groups in total. The Kier molecular flexibility index (Phi) is 4.63. The van der Waals surface area contributed by atoms with Crippen LogP contribution in [0.3, 0.4) is 0 Å². The van der Waals surface area contributed by atoms with Gasteiger partial charge in [-0.05, 0) is 18.6 Å². The number of para-hydroxylation sites is 1. The summed E-state index contributed by atoms with van der Waals surface area (Å²) in [6.45, 7) is 2.50. The van der Waals surface area contributed by atoms with Crippen LogP contribution in [0.4, 0.5) is 0 Å². The number of hydrogen-bond donors (Lipinski definition) is 0. The second-order valence-electron chi connectivity index (χ2n) is 5.67. The molecule has 0 bridgehead atoms. The third kappa shape index (κ3) is 3.37. The lowest BCUT2D eigenvalue weighted by Crippen LogP contribution is -2.35. The Morgan fingerprint density at radius 3 is 2.61 bits per heavy atom. The molecule has 2 aromatic rings. The largest absolute Gasteiger partial charge is 0.496 e. The molecule has 0 saturated carbocycles. The van der Waals surface area contributed by atoms with Gasteiger partial charge in [0.1, 0.15) is 18.1 Å². The van der Waals surface area contributed by atoms with Crippen molar-refractivity contribution in [2.75, 3.05) is 13.7 Å². The first-order valence-electron chi connectivity index (χ1n) is 7.81. The van der Waals surface area contributed by atoms with Crippen molar-refractivity contribution in [3.8, 4) is 5.75 Å². The first-order valence-corrected chi connectivity index (χ1v) is 7.81. The molecule has 1 heterocycles. The predicted octanol–water partition coefficient (Wildman–Crippen LogP) is 3.18. The van der Waals surface area contributed by atoms with E-state index in [-0.39, 0.29) is 18.2 Å². The van der Waals surface area contributed by atoms with E-state index >= 15 is 0 Å². The highest BCUT2D eigenvalue weighted by Crippen LogP contribution is 2.29. The van der Waals surface area contributed by atoms with E-state index in [0.29, 0.717) is 13.0 Å². The highest BCUT2D eigenvalue weighted by Gasteiger charge is 2.34. The molecule has 3 rings (SSSR count). The zero-order valence-corrected chi connectivity index (χ0v) is 13.4. The van der Waals surface area contributed by atoms with E-state index in [1.807, 2.05) is 61.5 Å². The van der Waals surface area contributed by atoms with Gasteiger partial charge in [0.2, 0.25) is 5.91 Å². The Morgan fingerprint density at radius 2 is 1.87 bits per heavy atom. The first kappa shape index (κ1) is 15.6. The fourth-order valence-electron chi connectivity index (χ4n) is 2.95. The molecular formula is C19H21NO3. The summed E-state index contributed by atoms with van der Waals surface area (Å²) in [5, 5.41) is 0. The summed E-state index contributed by atoms with van der Waals surface area (Å²) in [7, 11) is 1.62. The van der Waals surface area contributed by atoms with E-state index in [0.717, 1.165) is 16.9 Å². The monoisotopic (exact) mass is 311 g/mol. The Labute approximate surface area is 136 Å². The fraction of sp³-hybridized carbons (Fsp3) is 0.316. The summed E-state index contributed by atoms with van der Waals surface area (Å²) in [6.07, 6.45) is 0.0365. The number of nitrogens with zero attached hydrogens (tertiary/aromatic N) is 1. The lowest BCUT2D eigenvalue weighted by Gasteiger charge is -2.20. The van der Waals surface area contributed by atoms with Gasteiger partial charge in [-0.1, -0.05) is 48.5 Å². The van der Waals surface area contributed by atoms with Crippen LogP contribution in [0, 0.1) is 0 Å². The smallest absolute Gasteiger partial charge is 0.229 e. The molecule has 2 atom stereocenters. The van der Waals surface area contributed by atoms with Crippen molar-refractivity contribution in [1.29, 1.82) is 0 Å². The van der Waals surface area contributed by atoms with Gasteiger partial charge in [-0.25, -0.2) is 0 Å². The number of carbonyl (C=O) groups excluding carboxylic acids is 1. The van der Waals surface area contributed by atoms with Gasteiger partial charge >= 0.3 is 0 Å². The molecular weight excluding hydrogens is 290 g/mol. The van der Waals surface area contributed by atoms with Crippen molar-refractivity contribution in [2.45, 2.75) is 25.7 Å². The normalized spacial score (nSPS) is 20.5. The number of ether oxygens (including phenoxy) is 2. The SMILES string of the molecule is COc1ccccc1CC(=O)N1CC(c2ccccc2)OC1C. The molecule has 23 heavy (non-hydrogen) atoms. The second-order valence-corrected chi connectivity index (χ2v) is 5.67. The van der Waals surface area contributed by atoms with Gasteiger partial charge in [0, 0.05) is 5.56 Å². The number of hydrogen-bond acceptors (Lipinski definition) is 3. The lowest BCUT2D eigenvalue weighted by molar-refractivity contribution is -0.134. The van der Waals surface area contributed by atoms with Gasteiger partial charge in [0.25, 0.3) is 0 Å². The van der Waals surface area contributed by atoms with E-state index in [1.54, 1.807) is 12.0 Å². The Hall–Kier alpha value is -2.33. The molecule has 0 spiro atoms. The van der Waals surface area contributed by atoms with Crippen molar-refractivity contribution in [3.05, 3.63) is 65.7 Å². The van der Waals surface area contributed by atoms with Crippen LogP contribution in [0.25, 0.3) is 0 Å². The van der Waals surface area contributed by atoms with Crippen LogP contribution < -0.4 is 4.74 Å². The van der Waals surface area contributed by atoms with Crippen LogP contribution in [-0.4, -0.2) is 30.7 Å². The van der Waals surface area contributed by atoms with Gasteiger partial charge in [-0.3, -0.25) is 4.79 Å². The molecule has 1 saturated heterocycles. The van der Waals surface area contributed by atoms with Crippen LogP contribution in [0.15, 0.2) is 54.6 Å². The minimum absolute atomic E-state index is 0.0560. The van der Waals surface area contributed by atoms with Crippen LogP contribution in [-0.2, 0) is 16.0 Å². The molecule has 1 aliphatic heterocycles. The molecule has 2 unspecified atom stereocenters. The minimum Gasteiger partial charge on any atom is -0.496 e. The molecule has 4 nitrogen and oxygen atoms in total. The average Bonchev–Trinajstić information content (AvgIpc) is 2.98. The van der Waals surface area contributed by atoms with Crippen LogP contribution in [0.1, 0.15) is 24.2 Å². The van der Waals surface area contributed by atoms with Crippen LogP contribution in [0.2, 0.25) is 0 Å². The van der Waals surface area contributed by atoms with Crippen LogP contribution in [0.5, 0.6) is 5.75 Å². The van der Waals surface area contributed by atoms with Crippen molar-refractivity contribution < 1.29 is 14.3 Å². The molecule has 120 valence electrons. The number of rotatable bonds is 4. The molecule has 1 fully saturated rings.